The Bertz CT molecular complexity index is 727. The van der Waals surface area contributed by atoms with Crippen LogP contribution in [0.4, 0.5) is 0 Å². The van der Waals surface area contributed by atoms with Crippen LogP contribution in [0.25, 0.3) is 0 Å². The fourth-order valence-electron chi connectivity index (χ4n) is 9.00. The molecular weight excluding hydrogens is 406 g/mol. The largest absolute Gasteiger partial charge is 0.480 e. The monoisotopic (exact) mass is 449 g/mol. The van der Waals surface area contributed by atoms with E-state index in [9.17, 15) is 19.8 Å². The van der Waals surface area contributed by atoms with Gasteiger partial charge in [0.25, 0.3) is 0 Å². The predicted molar refractivity (Wildman–Crippen MR) is 122 cm³/mol. The number of nitrogens with one attached hydrogen (secondary N) is 1. The summed E-state index contributed by atoms with van der Waals surface area (Å²) in [6, 6.07) is 0. The summed E-state index contributed by atoms with van der Waals surface area (Å²) in [6.45, 7) is 6.83. The van der Waals surface area contributed by atoms with Gasteiger partial charge in [-0.05, 0) is 104 Å². The van der Waals surface area contributed by atoms with Crippen LogP contribution in [0, 0.1) is 46.3 Å². The molecule has 4 saturated carbocycles. The van der Waals surface area contributed by atoms with Crippen molar-refractivity contribution in [1.82, 2.24) is 5.32 Å². The summed E-state index contributed by atoms with van der Waals surface area (Å²) in [5.74, 6) is 1.66. The van der Waals surface area contributed by atoms with Gasteiger partial charge in [-0.15, -0.1) is 0 Å². The van der Waals surface area contributed by atoms with E-state index in [1.165, 1.54) is 12.8 Å². The standard InChI is InChI=1S/C26H43NO5/c1-15(4-7-22(30)27-14-23(31)32)18-5-6-19-24-20(9-11-26(18,19)3)25(2)10-8-17(28)12-16(25)13-21(24)29/h15-21,24,28-29H,4-14H2,1-3H3,(H,27,30)(H,31,32)/t15?,16-,17+,18+,19-,20-,21+,24-,25?,26?/m0/s1. The lowest BCUT2D eigenvalue weighted by Gasteiger charge is -2.62. The van der Waals surface area contributed by atoms with Crippen LogP contribution >= 0.6 is 0 Å². The van der Waals surface area contributed by atoms with Crippen LogP contribution in [-0.2, 0) is 9.59 Å². The number of rotatable bonds is 6. The molecule has 6 nitrogen and oxygen atoms in total. The minimum atomic E-state index is -1.01. The number of carbonyl (C=O) groups excluding carboxylic acids is 1. The smallest absolute Gasteiger partial charge is 0.322 e. The summed E-state index contributed by atoms with van der Waals surface area (Å²) in [5, 5.41) is 32.8. The molecule has 4 N–H and O–H groups in total. The quantitative estimate of drug-likeness (QED) is 0.496. The molecule has 32 heavy (non-hydrogen) atoms. The Morgan fingerprint density at radius 2 is 1.69 bits per heavy atom. The lowest BCUT2D eigenvalue weighted by molar-refractivity contribution is -0.174. The molecule has 0 radical (unpaired) electrons. The molecule has 0 aromatic carbocycles. The van der Waals surface area contributed by atoms with Crippen molar-refractivity contribution in [3.05, 3.63) is 0 Å². The van der Waals surface area contributed by atoms with Crippen LogP contribution in [0.15, 0.2) is 0 Å². The number of aliphatic hydroxyl groups is 2. The fourth-order valence-corrected chi connectivity index (χ4v) is 9.00. The topological polar surface area (TPSA) is 107 Å². The first-order valence-corrected chi connectivity index (χ1v) is 12.9. The zero-order valence-electron chi connectivity index (χ0n) is 20.1. The van der Waals surface area contributed by atoms with E-state index in [2.05, 4.69) is 26.1 Å². The van der Waals surface area contributed by atoms with Gasteiger partial charge in [0.05, 0.1) is 12.2 Å². The maximum absolute atomic E-state index is 12.0. The highest BCUT2D eigenvalue weighted by molar-refractivity contribution is 5.81. The average molecular weight is 450 g/mol. The minimum absolute atomic E-state index is 0.177. The highest BCUT2D eigenvalue weighted by Crippen LogP contribution is 2.68. The first-order chi connectivity index (χ1) is 15.1. The van der Waals surface area contributed by atoms with Gasteiger partial charge in [-0.2, -0.15) is 0 Å². The van der Waals surface area contributed by atoms with Crippen molar-refractivity contribution >= 4 is 11.9 Å². The molecule has 0 bridgehead atoms. The molecule has 0 aromatic heterocycles. The summed E-state index contributed by atoms with van der Waals surface area (Å²) in [6.07, 6.45) is 9.06. The van der Waals surface area contributed by atoms with Gasteiger partial charge in [0.1, 0.15) is 6.54 Å². The van der Waals surface area contributed by atoms with Crippen LogP contribution in [0.1, 0.15) is 85.0 Å². The van der Waals surface area contributed by atoms with Crippen molar-refractivity contribution in [1.29, 1.82) is 0 Å². The first kappa shape index (κ1) is 24.0. The summed E-state index contributed by atoms with van der Waals surface area (Å²) in [4.78, 5) is 22.7. The number of carbonyl (C=O) groups is 2. The maximum Gasteiger partial charge on any atom is 0.322 e. The Balaban J connectivity index is 1.44. The third-order valence-corrected chi connectivity index (χ3v) is 10.7. The van der Waals surface area contributed by atoms with Crippen LogP contribution < -0.4 is 5.32 Å². The highest BCUT2D eigenvalue weighted by atomic mass is 16.4. The predicted octanol–water partition coefficient (Wildman–Crippen LogP) is 3.59. The molecule has 0 aromatic rings. The minimum Gasteiger partial charge on any atom is -0.480 e. The third-order valence-electron chi connectivity index (χ3n) is 10.7. The SMILES string of the molecule is CC(CCC(=O)NCC(=O)O)[C@H]1CC[C@H]2[C@@H]3[C@H](O)C[C@@H]4C[C@H](O)CCC4(C)[C@H]3CCC12C. The molecule has 4 rings (SSSR count). The lowest BCUT2D eigenvalue weighted by atomic mass is 9.43. The number of fused-ring (bicyclic) bond motifs is 5. The number of amides is 1. The molecule has 3 unspecified atom stereocenters. The van der Waals surface area contributed by atoms with Gasteiger partial charge in [-0.25, -0.2) is 0 Å². The number of hydrogen-bond acceptors (Lipinski definition) is 4. The molecule has 182 valence electrons. The summed E-state index contributed by atoms with van der Waals surface area (Å²) in [7, 11) is 0. The Morgan fingerprint density at radius 3 is 2.41 bits per heavy atom. The molecule has 4 fully saturated rings. The van der Waals surface area contributed by atoms with Crippen molar-refractivity contribution < 1.29 is 24.9 Å². The summed E-state index contributed by atoms with van der Waals surface area (Å²) >= 11 is 0. The van der Waals surface area contributed by atoms with Crippen LogP contribution in [-0.4, -0.2) is 45.9 Å². The second-order valence-corrected chi connectivity index (χ2v) is 12.1. The molecule has 4 aliphatic carbocycles. The second-order valence-electron chi connectivity index (χ2n) is 12.1. The molecule has 0 heterocycles. The van der Waals surface area contributed by atoms with Gasteiger partial charge in [0, 0.05) is 6.42 Å². The molecular formula is C26H43NO5. The average Bonchev–Trinajstić information content (AvgIpc) is 3.09. The van der Waals surface area contributed by atoms with Gasteiger partial charge in [-0.3, -0.25) is 9.59 Å². The van der Waals surface area contributed by atoms with Crippen LogP contribution in [0.3, 0.4) is 0 Å². The summed E-state index contributed by atoms with van der Waals surface area (Å²) < 4.78 is 0. The molecule has 10 atom stereocenters. The first-order valence-electron chi connectivity index (χ1n) is 12.9. The van der Waals surface area contributed by atoms with Gasteiger partial charge >= 0.3 is 5.97 Å². The zero-order chi connectivity index (χ0) is 23.3. The Kier molecular flexibility index (Phi) is 6.68. The van der Waals surface area contributed by atoms with Gasteiger partial charge in [0.2, 0.25) is 5.91 Å². The second kappa shape index (κ2) is 8.90. The number of carboxylic acid groups (broad SMARTS) is 1. The Morgan fingerprint density at radius 1 is 1.00 bits per heavy atom. The van der Waals surface area contributed by atoms with Crippen molar-refractivity contribution in [3.8, 4) is 0 Å². The van der Waals surface area contributed by atoms with E-state index in [1.54, 1.807) is 0 Å². The van der Waals surface area contributed by atoms with Crippen molar-refractivity contribution in [2.45, 2.75) is 97.2 Å². The van der Waals surface area contributed by atoms with E-state index in [4.69, 9.17) is 5.11 Å². The normalized spacial score (nSPS) is 46.5. The van der Waals surface area contributed by atoms with E-state index in [1.807, 2.05) is 0 Å². The van der Waals surface area contributed by atoms with Crippen molar-refractivity contribution in [2.75, 3.05) is 6.54 Å². The highest BCUT2D eigenvalue weighted by Gasteiger charge is 2.62. The van der Waals surface area contributed by atoms with E-state index in [-0.39, 0.29) is 35.5 Å². The number of aliphatic hydroxyl groups excluding tert-OH is 2. The van der Waals surface area contributed by atoms with Gasteiger partial charge in [0.15, 0.2) is 0 Å². The zero-order valence-corrected chi connectivity index (χ0v) is 20.1. The van der Waals surface area contributed by atoms with E-state index in [0.29, 0.717) is 41.9 Å². The van der Waals surface area contributed by atoms with Gasteiger partial charge in [-0.1, -0.05) is 20.8 Å². The third kappa shape index (κ3) is 4.11. The Labute approximate surface area is 192 Å². The van der Waals surface area contributed by atoms with E-state index >= 15 is 0 Å². The number of aliphatic carboxylic acids is 1. The lowest BCUT2D eigenvalue weighted by Crippen LogP contribution is -2.58. The molecule has 0 aliphatic heterocycles. The van der Waals surface area contributed by atoms with Crippen molar-refractivity contribution in [2.24, 2.45) is 46.3 Å². The van der Waals surface area contributed by atoms with Crippen molar-refractivity contribution in [3.63, 3.8) is 0 Å². The summed E-state index contributed by atoms with van der Waals surface area (Å²) in [5.41, 5.74) is 0.451. The Hall–Kier alpha value is -1.14. The molecule has 1 amide bonds. The molecule has 0 saturated heterocycles. The van der Waals surface area contributed by atoms with Crippen LogP contribution in [0.5, 0.6) is 0 Å². The van der Waals surface area contributed by atoms with E-state index < -0.39 is 5.97 Å². The van der Waals surface area contributed by atoms with Crippen LogP contribution in [0.2, 0.25) is 0 Å². The fraction of sp³-hybridized carbons (Fsp3) is 0.923. The molecule has 4 aliphatic rings. The molecule has 0 spiro atoms. The maximum atomic E-state index is 12.0. The van der Waals surface area contributed by atoms with Gasteiger partial charge < -0.3 is 20.6 Å². The number of hydrogen-bond donors (Lipinski definition) is 4. The molecule has 6 heteroatoms. The number of carboxylic acids is 1. The van der Waals surface area contributed by atoms with E-state index in [0.717, 1.165) is 44.9 Å².